The van der Waals surface area contributed by atoms with Gasteiger partial charge in [0.25, 0.3) is 0 Å². The van der Waals surface area contributed by atoms with Crippen LogP contribution in [0, 0.1) is 5.92 Å². The van der Waals surface area contributed by atoms with Crippen molar-refractivity contribution in [2.24, 2.45) is 5.92 Å². The van der Waals surface area contributed by atoms with Gasteiger partial charge in [-0.15, -0.1) is 0 Å². The van der Waals surface area contributed by atoms with E-state index >= 15 is 0 Å². The van der Waals surface area contributed by atoms with Gasteiger partial charge in [-0.1, -0.05) is 0 Å². The van der Waals surface area contributed by atoms with Crippen molar-refractivity contribution in [1.82, 2.24) is 15.2 Å². The van der Waals surface area contributed by atoms with Crippen LogP contribution in [0.15, 0.2) is 17.1 Å². The predicted molar refractivity (Wildman–Crippen MR) is 51.7 cm³/mol. The molecule has 0 aliphatic carbocycles. The lowest BCUT2D eigenvalue weighted by Crippen LogP contribution is -2.33. The quantitative estimate of drug-likeness (QED) is 0.741. The van der Waals surface area contributed by atoms with Crippen molar-refractivity contribution < 1.29 is 4.42 Å². The molecular formula is C10H15N3O. The van der Waals surface area contributed by atoms with Gasteiger partial charge in [0.05, 0.1) is 5.69 Å². The summed E-state index contributed by atoms with van der Waals surface area (Å²) >= 11 is 0. The first-order chi connectivity index (χ1) is 6.93. The van der Waals surface area contributed by atoms with E-state index in [1.807, 2.05) is 0 Å². The van der Waals surface area contributed by atoms with Gasteiger partial charge in [-0.3, -0.25) is 4.90 Å². The standard InChI is InChI=1S/C10H15N3O/c1-2-13(5-9-6-14-7-12-9)10-4-11-3-8(1)10/h6-8,10-11H,1-5H2/t8-,10+/m0/s1. The monoisotopic (exact) mass is 193 g/mol. The highest BCUT2D eigenvalue weighted by Gasteiger charge is 2.37. The Morgan fingerprint density at radius 2 is 2.57 bits per heavy atom. The summed E-state index contributed by atoms with van der Waals surface area (Å²) in [7, 11) is 0. The first-order valence-electron chi connectivity index (χ1n) is 5.25. The van der Waals surface area contributed by atoms with Gasteiger partial charge in [-0.25, -0.2) is 4.98 Å². The molecule has 0 radical (unpaired) electrons. The zero-order valence-electron chi connectivity index (χ0n) is 8.15. The Hall–Kier alpha value is -0.870. The third kappa shape index (κ3) is 1.35. The average Bonchev–Trinajstić information content (AvgIpc) is 2.85. The number of hydrogen-bond acceptors (Lipinski definition) is 4. The van der Waals surface area contributed by atoms with Gasteiger partial charge in [0.2, 0.25) is 0 Å². The lowest BCUT2D eigenvalue weighted by atomic mass is 10.1. The van der Waals surface area contributed by atoms with Crippen LogP contribution in [0.1, 0.15) is 12.1 Å². The lowest BCUT2D eigenvalue weighted by molar-refractivity contribution is 0.241. The molecule has 4 heteroatoms. The molecule has 0 saturated carbocycles. The van der Waals surface area contributed by atoms with Gasteiger partial charge in [0.1, 0.15) is 6.26 Å². The van der Waals surface area contributed by atoms with E-state index in [0.29, 0.717) is 0 Å². The van der Waals surface area contributed by atoms with Gasteiger partial charge >= 0.3 is 0 Å². The van der Waals surface area contributed by atoms with Crippen LogP contribution in [0.25, 0.3) is 0 Å². The number of nitrogens with zero attached hydrogens (tertiary/aromatic N) is 2. The fraction of sp³-hybridized carbons (Fsp3) is 0.700. The summed E-state index contributed by atoms with van der Waals surface area (Å²) in [4.78, 5) is 6.68. The number of likely N-dealkylation sites (tertiary alicyclic amines) is 1. The van der Waals surface area contributed by atoms with E-state index in [1.54, 1.807) is 6.26 Å². The summed E-state index contributed by atoms with van der Waals surface area (Å²) < 4.78 is 4.98. The van der Waals surface area contributed by atoms with Crippen molar-refractivity contribution >= 4 is 0 Å². The van der Waals surface area contributed by atoms with E-state index in [4.69, 9.17) is 4.42 Å². The maximum Gasteiger partial charge on any atom is 0.180 e. The van der Waals surface area contributed by atoms with Crippen molar-refractivity contribution in [3.05, 3.63) is 18.4 Å². The molecule has 0 bridgehead atoms. The number of fused-ring (bicyclic) bond motifs is 1. The summed E-state index contributed by atoms with van der Waals surface area (Å²) in [6, 6.07) is 0.728. The largest absolute Gasteiger partial charge is 0.451 e. The molecule has 2 fully saturated rings. The van der Waals surface area contributed by atoms with Gasteiger partial charge < -0.3 is 9.73 Å². The van der Waals surface area contributed by atoms with E-state index < -0.39 is 0 Å². The zero-order chi connectivity index (χ0) is 9.38. The van der Waals surface area contributed by atoms with Gasteiger partial charge in [-0.2, -0.15) is 0 Å². The molecule has 0 unspecified atom stereocenters. The fourth-order valence-corrected chi connectivity index (χ4v) is 2.66. The van der Waals surface area contributed by atoms with Crippen LogP contribution in [-0.4, -0.2) is 35.6 Å². The maximum atomic E-state index is 4.98. The van der Waals surface area contributed by atoms with E-state index in [0.717, 1.165) is 30.7 Å². The van der Waals surface area contributed by atoms with Crippen LogP contribution in [0.4, 0.5) is 0 Å². The van der Waals surface area contributed by atoms with E-state index in [9.17, 15) is 0 Å². The maximum absolute atomic E-state index is 4.98. The molecule has 76 valence electrons. The molecule has 2 aliphatic heterocycles. The molecule has 2 saturated heterocycles. The minimum Gasteiger partial charge on any atom is -0.451 e. The zero-order valence-corrected chi connectivity index (χ0v) is 8.15. The van der Waals surface area contributed by atoms with Crippen LogP contribution >= 0.6 is 0 Å². The van der Waals surface area contributed by atoms with E-state index in [2.05, 4.69) is 15.2 Å². The second kappa shape index (κ2) is 3.37. The van der Waals surface area contributed by atoms with E-state index in [1.165, 1.54) is 25.9 Å². The van der Waals surface area contributed by atoms with Crippen LogP contribution < -0.4 is 5.32 Å². The highest BCUT2D eigenvalue weighted by Crippen LogP contribution is 2.27. The molecule has 0 aromatic carbocycles. The van der Waals surface area contributed by atoms with Crippen LogP contribution in [-0.2, 0) is 6.54 Å². The number of aromatic nitrogens is 1. The van der Waals surface area contributed by atoms with Gasteiger partial charge in [0, 0.05) is 19.1 Å². The molecule has 3 rings (SSSR count). The number of hydrogen-bond donors (Lipinski definition) is 1. The molecular weight excluding hydrogens is 178 g/mol. The Morgan fingerprint density at radius 3 is 3.43 bits per heavy atom. The molecule has 3 heterocycles. The van der Waals surface area contributed by atoms with Crippen LogP contribution in [0.3, 0.4) is 0 Å². The first-order valence-corrected chi connectivity index (χ1v) is 5.25. The van der Waals surface area contributed by atoms with Crippen molar-refractivity contribution in [2.45, 2.75) is 19.0 Å². The minimum atomic E-state index is 0.728. The molecule has 0 amide bonds. The molecule has 2 atom stereocenters. The van der Waals surface area contributed by atoms with Gasteiger partial charge in [-0.05, 0) is 25.4 Å². The second-order valence-electron chi connectivity index (χ2n) is 4.22. The Kier molecular flexibility index (Phi) is 2.03. The predicted octanol–water partition coefficient (Wildman–Crippen LogP) is 0.468. The minimum absolute atomic E-state index is 0.728. The second-order valence-corrected chi connectivity index (χ2v) is 4.22. The number of oxazole rings is 1. The molecule has 14 heavy (non-hydrogen) atoms. The molecule has 0 spiro atoms. The summed E-state index contributed by atoms with van der Waals surface area (Å²) in [5.41, 5.74) is 1.05. The molecule has 4 nitrogen and oxygen atoms in total. The average molecular weight is 193 g/mol. The highest BCUT2D eigenvalue weighted by atomic mass is 16.3. The Morgan fingerprint density at radius 1 is 1.57 bits per heavy atom. The summed E-state index contributed by atoms with van der Waals surface area (Å²) in [6.07, 6.45) is 4.58. The van der Waals surface area contributed by atoms with Crippen LogP contribution in [0.2, 0.25) is 0 Å². The van der Waals surface area contributed by atoms with Crippen molar-refractivity contribution in [1.29, 1.82) is 0 Å². The van der Waals surface area contributed by atoms with Crippen molar-refractivity contribution in [2.75, 3.05) is 19.6 Å². The molecule has 1 aromatic heterocycles. The Labute approximate surface area is 83.3 Å². The Balaban J connectivity index is 1.68. The summed E-state index contributed by atoms with van der Waals surface area (Å²) in [5.74, 6) is 0.863. The van der Waals surface area contributed by atoms with Crippen molar-refractivity contribution in [3.63, 3.8) is 0 Å². The van der Waals surface area contributed by atoms with E-state index in [-0.39, 0.29) is 0 Å². The number of rotatable bonds is 2. The fourth-order valence-electron chi connectivity index (χ4n) is 2.66. The number of nitrogens with one attached hydrogen (secondary N) is 1. The normalized spacial score (nSPS) is 32.3. The third-order valence-corrected chi connectivity index (χ3v) is 3.41. The Bertz CT molecular complexity index is 298. The lowest BCUT2D eigenvalue weighted by Gasteiger charge is -2.21. The SMILES string of the molecule is c1nc(CN2CC[C@H]3CNC[C@H]32)co1. The van der Waals surface area contributed by atoms with Gasteiger partial charge in [0.15, 0.2) is 6.39 Å². The molecule has 2 aliphatic rings. The topological polar surface area (TPSA) is 41.3 Å². The molecule has 1 N–H and O–H groups in total. The van der Waals surface area contributed by atoms with Crippen molar-refractivity contribution in [3.8, 4) is 0 Å². The van der Waals surface area contributed by atoms with Crippen LogP contribution in [0.5, 0.6) is 0 Å². The molecule has 1 aromatic rings. The first kappa shape index (κ1) is 8.44. The summed E-state index contributed by atoms with van der Waals surface area (Å²) in [6.45, 7) is 4.49. The third-order valence-electron chi connectivity index (χ3n) is 3.41. The summed E-state index contributed by atoms with van der Waals surface area (Å²) in [5, 5.41) is 3.45. The smallest absolute Gasteiger partial charge is 0.180 e. The highest BCUT2D eigenvalue weighted by molar-refractivity contribution is 4.99.